The van der Waals surface area contributed by atoms with Crippen LogP contribution in [0.3, 0.4) is 0 Å². The van der Waals surface area contributed by atoms with Gasteiger partial charge in [0.1, 0.15) is 11.3 Å². The lowest BCUT2D eigenvalue weighted by atomic mass is 10.1. The predicted molar refractivity (Wildman–Crippen MR) is 80.0 cm³/mol. The maximum Gasteiger partial charge on any atom is 0.354 e. The van der Waals surface area contributed by atoms with E-state index in [2.05, 4.69) is 4.98 Å². The number of ether oxygens (including phenoxy) is 2. The standard InChI is InChI=1S/C15H18N2O4/c1-8(2)7-21-12-6-11(15(18)19)17-13-9(12)4-5-10(16)14(13)20-3/h4-6,8H,7,16H2,1-3H3,(H,18,19). The Hall–Kier alpha value is -2.50. The van der Waals surface area contributed by atoms with Gasteiger partial charge in [-0.1, -0.05) is 13.8 Å². The van der Waals surface area contributed by atoms with E-state index in [1.807, 2.05) is 13.8 Å². The summed E-state index contributed by atoms with van der Waals surface area (Å²) in [6.07, 6.45) is 0. The van der Waals surface area contributed by atoms with Crippen LogP contribution in [0.15, 0.2) is 18.2 Å². The lowest BCUT2D eigenvalue weighted by Gasteiger charge is -2.14. The summed E-state index contributed by atoms with van der Waals surface area (Å²) in [5.74, 6) is 0.00217. The van der Waals surface area contributed by atoms with Crippen LogP contribution in [-0.2, 0) is 0 Å². The highest BCUT2D eigenvalue weighted by Gasteiger charge is 2.16. The highest BCUT2D eigenvalue weighted by Crippen LogP contribution is 2.35. The lowest BCUT2D eigenvalue weighted by Crippen LogP contribution is -2.08. The first-order chi connectivity index (χ1) is 9.93. The van der Waals surface area contributed by atoms with Crippen LogP contribution in [0.4, 0.5) is 5.69 Å². The zero-order chi connectivity index (χ0) is 15.6. The van der Waals surface area contributed by atoms with Gasteiger partial charge in [-0.2, -0.15) is 0 Å². The molecule has 112 valence electrons. The molecule has 2 aromatic rings. The first kappa shape index (κ1) is 14.9. The number of nitrogen functional groups attached to an aromatic ring is 1. The minimum atomic E-state index is -1.13. The number of rotatable bonds is 5. The zero-order valence-corrected chi connectivity index (χ0v) is 12.2. The number of benzene rings is 1. The molecule has 3 N–H and O–H groups in total. The molecular weight excluding hydrogens is 272 g/mol. The van der Waals surface area contributed by atoms with Crippen LogP contribution in [-0.4, -0.2) is 29.8 Å². The second kappa shape index (κ2) is 5.87. The fourth-order valence-corrected chi connectivity index (χ4v) is 1.95. The number of nitrogens with zero attached hydrogens (tertiary/aromatic N) is 1. The molecule has 2 rings (SSSR count). The Bertz CT molecular complexity index is 683. The molecule has 0 aliphatic heterocycles. The predicted octanol–water partition coefficient (Wildman–Crippen LogP) is 2.56. The second-order valence-corrected chi connectivity index (χ2v) is 5.10. The molecule has 0 amide bonds. The number of nitrogens with two attached hydrogens (primary N) is 1. The van der Waals surface area contributed by atoms with E-state index in [9.17, 15) is 9.90 Å². The van der Waals surface area contributed by atoms with Gasteiger partial charge in [0, 0.05) is 11.5 Å². The zero-order valence-electron chi connectivity index (χ0n) is 12.2. The van der Waals surface area contributed by atoms with E-state index >= 15 is 0 Å². The summed E-state index contributed by atoms with van der Waals surface area (Å²) in [6, 6.07) is 4.86. The Morgan fingerprint density at radius 2 is 2.14 bits per heavy atom. The summed E-state index contributed by atoms with van der Waals surface area (Å²) in [5, 5.41) is 9.86. The van der Waals surface area contributed by atoms with E-state index in [0.29, 0.717) is 40.6 Å². The van der Waals surface area contributed by atoms with Crippen molar-refractivity contribution >= 4 is 22.6 Å². The molecule has 1 heterocycles. The van der Waals surface area contributed by atoms with Crippen molar-refractivity contribution in [1.29, 1.82) is 0 Å². The molecule has 0 aliphatic carbocycles. The smallest absolute Gasteiger partial charge is 0.354 e. The first-order valence-electron chi connectivity index (χ1n) is 6.57. The van der Waals surface area contributed by atoms with Crippen LogP contribution >= 0.6 is 0 Å². The SMILES string of the molecule is COc1c(N)ccc2c(OCC(C)C)cc(C(=O)O)nc12. The molecule has 0 aliphatic rings. The molecule has 0 radical (unpaired) electrons. The van der Waals surface area contributed by atoms with Gasteiger partial charge in [0.05, 0.1) is 19.4 Å². The van der Waals surface area contributed by atoms with Crippen molar-refractivity contribution in [3.05, 3.63) is 23.9 Å². The Morgan fingerprint density at radius 3 is 2.71 bits per heavy atom. The molecule has 1 aromatic carbocycles. The topological polar surface area (TPSA) is 94.7 Å². The third-order valence-electron chi connectivity index (χ3n) is 2.92. The minimum absolute atomic E-state index is 0.106. The molecule has 0 atom stereocenters. The van der Waals surface area contributed by atoms with Gasteiger partial charge in [0.15, 0.2) is 11.4 Å². The second-order valence-electron chi connectivity index (χ2n) is 5.10. The maximum atomic E-state index is 11.2. The molecule has 1 aromatic heterocycles. The molecule has 0 spiro atoms. The number of methoxy groups -OCH3 is 1. The normalized spacial score (nSPS) is 10.9. The number of aromatic carboxylic acids is 1. The molecule has 6 nitrogen and oxygen atoms in total. The molecule has 21 heavy (non-hydrogen) atoms. The van der Waals surface area contributed by atoms with Crippen LogP contribution in [0.5, 0.6) is 11.5 Å². The first-order valence-corrected chi connectivity index (χ1v) is 6.57. The monoisotopic (exact) mass is 290 g/mol. The highest BCUT2D eigenvalue weighted by molar-refractivity contribution is 5.97. The average Bonchev–Trinajstić information content (AvgIpc) is 2.43. The lowest BCUT2D eigenvalue weighted by molar-refractivity contribution is 0.0690. The van der Waals surface area contributed by atoms with E-state index in [0.717, 1.165) is 0 Å². The van der Waals surface area contributed by atoms with Crippen molar-refractivity contribution in [2.24, 2.45) is 5.92 Å². The van der Waals surface area contributed by atoms with Crippen LogP contribution in [0.25, 0.3) is 10.9 Å². The van der Waals surface area contributed by atoms with E-state index in [4.69, 9.17) is 15.2 Å². The molecule has 0 unspecified atom stereocenters. The average molecular weight is 290 g/mol. The number of anilines is 1. The van der Waals surface area contributed by atoms with Gasteiger partial charge in [-0.25, -0.2) is 9.78 Å². The van der Waals surface area contributed by atoms with Gasteiger partial charge < -0.3 is 20.3 Å². The number of hydrogen-bond acceptors (Lipinski definition) is 5. The quantitative estimate of drug-likeness (QED) is 0.822. The molecule has 0 saturated carbocycles. The van der Waals surface area contributed by atoms with Crippen molar-refractivity contribution in [2.45, 2.75) is 13.8 Å². The van der Waals surface area contributed by atoms with Crippen LogP contribution in [0.1, 0.15) is 24.3 Å². The van der Waals surface area contributed by atoms with Gasteiger partial charge in [0.25, 0.3) is 0 Å². The maximum absolute atomic E-state index is 11.2. The minimum Gasteiger partial charge on any atom is -0.493 e. The van der Waals surface area contributed by atoms with Crippen LogP contribution in [0, 0.1) is 5.92 Å². The fourth-order valence-electron chi connectivity index (χ4n) is 1.95. The van der Waals surface area contributed by atoms with E-state index < -0.39 is 5.97 Å². The van der Waals surface area contributed by atoms with Gasteiger partial charge >= 0.3 is 5.97 Å². The summed E-state index contributed by atoms with van der Waals surface area (Å²) < 4.78 is 10.9. The van der Waals surface area contributed by atoms with Crippen LogP contribution in [0.2, 0.25) is 0 Å². The third-order valence-corrected chi connectivity index (χ3v) is 2.92. The number of hydrogen-bond donors (Lipinski definition) is 2. The Labute approximate surface area is 122 Å². The summed E-state index contributed by atoms with van der Waals surface area (Å²) in [5.41, 5.74) is 6.52. The fraction of sp³-hybridized carbons (Fsp3) is 0.333. The van der Waals surface area contributed by atoms with Gasteiger partial charge in [-0.3, -0.25) is 0 Å². The number of pyridine rings is 1. The number of aromatic nitrogens is 1. The Kier molecular flexibility index (Phi) is 4.16. The van der Waals surface area contributed by atoms with Gasteiger partial charge in [-0.05, 0) is 18.1 Å². The highest BCUT2D eigenvalue weighted by atomic mass is 16.5. The molecule has 0 fully saturated rings. The Balaban J connectivity index is 2.68. The number of carboxylic acid groups (broad SMARTS) is 1. The summed E-state index contributed by atoms with van der Waals surface area (Å²) in [7, 11) is 1.47. The molecular formula is C15H18N2O4. The summed E-state index contributed by atoms with van der Waals surface area (Å²) >= 11 is 0. The number of carboxylic acids is 1. The molecule has 0 bridgehead atoms. The van der Waals surface area contributed by atoms with Crippen molar-refractivity contribution in [1.82, 2.24) is 4.98 Å². The number of carbonyl (C=O) groups is 1. The Morgan fingerprint density at radius 1 is 1.43 bits per heavy atom. The van der Waals surface area contributed by atoms with E-state index in [-0.39, 0.29) is 5.69 Å². The summed E-state index contributed by atoms with van der Waals surface area (Å²) in [6.45, 7) is 4.50. The largest absolute Gasteiger partial charge is 0.493 e. The van der Waals surface area contributed by atoms with Crippen molar-refractivity contribution in [2.75, 3.05) is 19.5 Å². The van der Waals surface area contributed by atoms with E-state index in [1.165, 1.54) is 13.2 Å². The van der Waals surface area contributed by atoms with Crippen LogP contribution < -0.4 is 15.2 Å². The third kappa shape index (κ3) is 2.99. The summed E-state index contributed by atoms with van der Waals surface area (Å²) in [4.78, 5) is 15.3. The molecule has 6 heteroatoms. The van der Waals surface area contributed by atoms with Crippen molar-refractivity contribution in [3.63, 3.8) is 0 Å². The van der Waals surface area contributed by atoms with E-state index in [1.54, 1.807) is 12.1 Å². The van der Waals surface area contributed by atoms with Gasteiger partial charge in [0.2, 0.25) is 0 Å². The van der Waals surface area contributed by atoms with Crippen molar-refractivity contribution in [3.8, 4) is 11.5 Å². The van der Waals surface area contributed by atoms with Crippen molar-refractivity contribution < 1.29 is 19.4 Å². The number of fused-ring (bicyclic) bond motifs is 1. The molecule has 0 saturated heterocycles. The van der Waals surface area contributed by atoms with Gasteiger partial charge in [-0.15, -0.1) is 0 Å².